The summed E-state index contributed by atoms with van der Waals surface area (Å²) in [6.07, 6.45) is 0. The number of halogens is 1. The SMILES string of the molecule is CC(C)(O)CN1CCN(C(=O)c2ccc(N)cc2Cl)CC1. The normalized spacial score (nSPS) is 17.0. The third kappa shape index (κ3) is 4.33. The van der Waals surface area contributed by atoms with Crippen molar-refractivity contribution in [2.45, 2.75) is 19.4 Å². The first-order valence-electron chi connectivity index (χ1n) is 7.05. The molecule has 0 aromatic heterocycles. The van der Waals surface area contributed by atoms with Crippen LogP contribution in [0, 0.1) is 0 Å². The van der Waals surface area contributed by atoms with Crippen LogP contribution >= 0.6 is 11.6 Å². The van der Waals surface area contributed by atoms with Crippen LogP contribution in [0.5, 0.6) is 0 Å². The van der Waals surface area contributed by atoms with Crippen molar-refractivity contribution in [2.75, 3.05) is 38.5 Å². The second-order valence-corrected chi connectivity index (χ2v) is 6.53. The van der Waals surface area contributed by atoms with E-state index in [0.717, 1.165) is 13.1 Å². The first-order chi connectivity index (χ1) is 9.76. The predicted molar refractivity (Wildman–Crippen MR) is 84.5 cm³/mol. The van der Waals surface area contributed by atoms with Crippen molar-refractivity contribution < 1.29 is 9.90 Å². The van der Waals surface area contributed by atoms with E-state index in [1.165, 1.54) is 0 Å². The third-order valence-electron chi connectivity index (χ3n) is 3.49. The molecule has 0 bridgehead atoms. The van der Waals surface area contributed by atoms with Crippen molar-refractivity contribution in [1.82, 2.24) is 9.80 Å². The van der Waals surface area contributed by atoms with E-state index in [0.29, 0.717) is 35.9 Å². The summed E-state index contributed by atoms with van der Waals surface area (Å²) < 4.78 is 0. The molecule has 1 amide bonds. The van der Waals surface area contributed by atoms with Crippen LogP contribution in [0.1, 0.15) is 24.2 Å². The number of hydrogen-bond acceptors (Lipinski definition) is 4. The third-order valence-corrected chi connectivity index (χ3v) is 3.81. The van der Waals surface area contributed by atoms with Crippen LogP contribution in [0.2, 0.25) is 5.02 Å². The van der Waals surface area contributed by atoms with Gasteiger partial charge in [0.2, 0.25) is 0 Å². The van der Waals surface area contributed by atoms with Crippen molar-refractivity contribution >= 4 is 23.2 Å². The molecule has 0 unspecified atom stereocenters. The number of amides is 1. The molecule has 0 aliphatic carbocycles. The molecule has 21 heavy (non-hydrogen) atoms. The summed E-state index contributed by atoms with van der Waals surface area (Å²) >= 11 is 6.09. The van der Waals surface area contributed by atoms with Gasteiger partial charge < -0.3 is 15.7 Å². The molecule has 1 aliphatic rings. The van der Waals surface area contributed by atoms with Gasteiger partial charge in [0.25, 0.3) is 5.91 Å². The van der Waals surface area contributed by atoms with Crippen LogP contribution in [0.25, 0.3) is 0 Å². The van der Waals surface area contributed by atoms with Crippen molar-refractivity contribution in [3.63, 3.8) is 0 Å². The fourth-order valence-electron chi connectivity index (χ4n) is 2.53. The fraction of sp³-hybridized carbons (Fsp3) is 0.533. The molecule has 6 heteroatoms. The van der Waals surface area contributed by atoms with Crippen LogP contribution in [-0.2, 0) is 0 Å². The quantitative estimate of drug-likeness (QED) is 0.829. The van der Waals surface area contributed by atoms with Gasteiger partial charge in [0, 0.05) is 38.4 Å². The predicted octanol–water partition coefficient (Wildman–Crippen LogP) is 1.45. The Bertz CT molecular complexity index is 520. The zero-order valence-corrected chi connectivity index (χ0v) is 13.2. The van der Waals surface area contributed by atoms with Gasteiger partial charge in [-0.2, -0.15) is 0 Å². The number of nitrogens with two attached hydrogens (primary N) is 1. The second kappa shape index (κ2) is 6.22. The minimum Gasteiger partial charge on any atom is -0.399 e. The van der Waals surface area contributed by atoms with Gasteiger partial charge in [-0.1, -0.05) is 11.6 Å². The lowest BCUT2D eigenvalue weighted by Gasteiger charge is -2.37. The van der Waals surface area contributed by atoms with Crippen LogP contribution in [0.4, 0.5) is 5.69 Å². The summed E-state index contributed by atoms with van der Waals surface area (Å²) in [6, 6.07) is 4.95. The molecular formula is C15H22ClN3O2. The molecule has 0 saturated carbocycles. The Kier molecular flexibility index (Phi) is 4.76. The molecule has 0 spiro atoms. The number of carbonyl (C=O) groups excluding carboxylic acids is 1. The van der Waals surface area contributed by atoms with Crippen molar-refractivity contribution in [2.24, 2.45) is 0 Å². The monoisotopic (exact) mass is 311 g/mol. The van der Waals surface area contributed by atoms with Gasteiger partial charge >= 0.3 is 0 Å². The molecule has 1 fully saturated rings. The Hall–Kier alpha value is -1.30. The Balaban J connectivity index is 1.97. The zero-order chi connectivity index (χ0) is 15.6. The lowest BCUT2D eigenvalue weighted by atomic mass is 10.1. The van der Waals surface area contributed by atoms with Gasteiger partial charge in [-0.05, 0) is 32.0 Å². The number of β-amino-alcohol motifs (C(OH)–C–C–N with tert-alkyl or cyclic N) is 1. The number of carbonyl (C=O) groups is 1. The van der Waals surface area contributed by atoms with E-state index in [4.69, 9.17) is 17.3 Å². The Labute approximate surface area is 130 Å². The number of aliphatic hydroxyl groups is 1. The number of anilines is 1. The molecule has 3 N–H and O–H groups in total. The van der Waals surface area contributed by atoms with Gasteiger partial charge in [0.05, 0.1) is 16.2 Å². The molecule has 1 heterocycles. The number of rotatable bonds is 3. The molecule has 0 radical (unpaired) electrons. The number of hydrogen-bond donors (Lipinski definition) is 2. The summed E-state index contributed by atoms with van der Waals surface area (Å²) in [5.41, 5.74) is 5.96. The van der Waals surface area contributed by atoms with Crippen LogP contribution in [-0.4, -0.2) is 59.1 Å². The topological polar surface area (TPSA) is 69.8 Å². The summed E-state index contributed by atoms with van der Waals surface area (Å²) in [5, 5.41) is 10.2. The van der Waals surface area contributed by atoms with Gasteiger partial charge in [-0.15, -0.1) is 0 Å². The van der Waals surface area contributed by atoms with Gasteiger partial charge in [0.15, 0.2) is 0 Å². The largest absolute Gasteiger partial charge is 0.399 e. The average Bonchev–Trinajstić information content (AvgIpc) is 2.37. The van der Waals surface area contributed by atoms with E-state index < -0.39 is 5.60 Å². The maximum atomic E-state index is 12.5. The van der Waals surface area contributed by atoms with E-state index in [1.807, 2.05) is 0 Å². The van der Waals surface area contributed by atoms with Crippen molar-refractivity contribution in [3.8, 4) is 0 Å². The maximum absolute atomic E-state index is 12.5. The van der Waals surface area contributed by atoms with E-state index in [2.05, 4.69) is 4.90 Å². The molecule has 2 rings (SSSR count). The molecule has 5 nitrogen and oxygen atoms in total. The minimum atomic E-state index is -0.716. The Morgan fingerprint density at radius 2 is 1.95 bits per heavy atom. The minimum absolute atomic E-state index is 0.0668. The van der Waals surface area contributed by atoms with E-state index in [9.17, 15) is 9.90 Å². The molecule has 0 atom stereocenters. The van der Waals surface area contributed by atoms with Gasteiger partial charge in [-0.3, -0.25) is 9.69 Å². The molecule has 1 aromatic carbocycles. The fourth-order valence-corrected chi connectivity index (χ4v) is 2.80. The summed E-state index contributed by atoms with van der Waals surface area (Å²) in [5.74, 6) is -0.0668. The summed E-state index contributed by atoms with van der Waals surface area (Å²) in [6.45, 7) is 6.96. The molecule has 1 aliphatic heterocycles. The van der Waals surface area contributed by atoms with E-state index in [1.54, 1.807) is 36.9 Å². The lowest BCUT2D eigenvalue weighted by Crippen LogP contribution is -2.52. The number of nitrogens with zero attached hydrogens (tertiary/aromatic N) is 2. The number of nitrogen functional groups attached to an aromatic ring is 1. The maximum Gasteiger partial charge on any atom is 0.255 e. The summed E-state index contributed by atoms with van der Waals surface area (Å²) in [4.78, 5) is 16.4. The highest BCUT2D eigenvalue weighted by molar-refractivity contribution is 6.34. The first kappa shape index (κ1) is 16.1. The van der Waals surface area contributed by atoms with E-state index in [-0.39, 0.29) is 5.91 Å². The Morgan fingerprint density at radius 1 is 1.33 bits per heavy atom. The van der Waals surface area contributed by atoms with Crippen LogP contribution < -0.4 is 5.73 Å². The average molecular weight is 312 g/mol. The van der Waals surface area contributed by atoms with Crippen LogP contribution in [0.3, 0.4) is 0 Å². The first-order valence-corrected chi connectivity index (χ1v) is 7.43. The smallest absolute Gasteiger partial charge is 0.255 e. The highest BCUT2D eigenvalue weighted by Crippen LogP contribution is 2.21. The van der Waals surface area contributed by atoms with Crippen LogP contribution in [0.15, 0.2) is 18.2 Å². The summed E-state index contributed by atoms with van der Waals surface area (Å²) in [7, 11) is 0. The molecular weight excluding hydrogens is 290 g/mol. The highest BCUT2D eigenvalue weighted by atomic mass is 35.5. The van der Waals surface area contributed by atoms with Gasteiger partial charge in [-0.25, -0.2) is 0 Å². The zero-order valence-electron chi connectivity index (χ0n) is 12.5. The van der Waals surface area contributed by atoms with Crippen molar-refractivity contribution in [1.29, 1.82) is 0 Å². The van der Waals surface area contributed by atoms with Gasteiger partial charge in [0.1, 0.15) is 0 Å². The second-order valence-electron chi connectivity index (χ2n) is 6.12. The Morgan fingerprint density at radius 3 is 2.48 bits per heavy atom. The number of benzene rings is 1. The molecule has 1 aromatic rings. The number of piperazine rings is 1. The molecule has 1 saturated heterocycles. The van der Waals surface area contributed by atoms with E-state index >= 15 is 0 Å². The standard InChI is InChI=1S/C15H22ClN3O2/c1-15(2,21)10-18-5-7-19(8-6-18)14(20)12-4-3-11(17)9-13(12)16/h3-4,9,21H,5-8,10,17H2,1-2H3. The van der Waals surface area contributed by atoms with Crippen molar-refractivity contribution in [3.05, 3.63) is 28.8 Å². The lowest BCUT2D eigenvalue weighted by molar-refractivity contribution is 0.0178. The molecule has 116 valence electrons. The highest BCUT2D eigenvalue weighted by Gasteiger charge is 2.26.